The molecule has 0 radical (unpaired) electrons. The molecule has 5 nitrogen and oxygen atoms in total. The summed E-state index contributed by atoms with van der Waals surface area (Å²) >= 11 is 3.45. The molecule has 0 aliphatic heterocycles. The molecule has 0 spiro atoms. The van der Waals surface area contributed by atoms with Crippen LogP contribution in [-0.2, 0) is 12.8 Å². The maximum Gasteiger partial charge on any atom is 0.416 e. The van der Waals surface area contributed by atoms with Crippen LogP contribution in [0, 0.1) is 6.92 Å². The molecule has 0 amide bonds. The minimum atomic E-state index is -4.55. The third kappa shape index (κ3) is 5.93. The summed E-state index contributed by atoms with van der Waals surface area (Å²) in [6.45, 7) is 2.32. The van der Waals surface area contributed by atoms with Gasteiger partial charge in [0.05, 0.1) is 22.7 Å². The second kappa shape index (κ2) is 10.9. The summed E-state index contributed by atoms with van der Waals surface area (Å²) in [6, 6.07) is 24.6. The van der Waals surface area contributed by atoms with E-state index in [2.05, 4.69) is 26.0 Å². The zero-order valence-corrected chi connectivity index (χ0v) is 22.2. The molecule has 5 rings (SSSR count). The number of aromatic nitrogens is 2. The first-order chi connectivity index (χ1) is 18.7. The molecule has 9 heteroatoms. The van der Waals surface area contributed by atoms with Crippen LogP contribution in [0.1, 0.15) is 22.3 Å². The van der Waals surface area contributed by atoms with E-state index < -0.39 is 17.3 Å². The molecule has 0 fully saturated rings. The largest absolute Gasteiger partial charge is 0.488 e. The van der Waals surface area contributed by atoms with Gasteiger partial charge in [-0.25, -0.2) is 4.98 Å². The number of hydrogen-bond donors (Lipinski definition) is 0. The summed E-state index contributed by atoms with van der Waals surface area (Å²) in [5.41, 5.74) is 1.78. The van der Waals surface area contributed by atoms with Crippen LogP contribution in [0.15, 0.2) is 105 Å². The first-order valence-corrected chi connectivity index (χ1v) is 12.7. The van der Waals surface area contributed by atoms with Gasteiger partial charge in [0.15, 0.2) is 5.82 Å². The lowest BCUT2D eigenvalue weighted by molar-refractivity contribution is -0.137. The van der Waals surface area contributed by atoms with E-state index in [-0.39, 0.29) is 16.8 Å². The van der Waals surface area contributed by atoms with Crippen molar-refractivity contribution in [2.24, 2.45) is 5.10 Å². The van der Waals surface area contributed by atoms with Gasteiger partial charge in [0.2, 0.25) is 0 Å². The molecule has 4 aromatic carbocycles. The molecule has 1 aromatic heterocycles. The number of para-hydroxylation sites is 1. The van der Waals surface area contributed by atoms with Gasteiger partial charge in [-0.3, -0.25) is 4.79 Å². The van der Waals surface area contributed by atoms with E-state index in [4.69, 9.17) is 4.74 Å². The van der Waals surface area contributed by atoms with Gasteiger partial charge in [-0.05, 0) is 55.0 Å². The van der Waals surface area contributed by atoms with Crippen molar-refractivity contribution in [3.63, 3.8) is 0 Å². The standard InChI is InChI=1S/C30H21BrF3N3O2/c1-19-9-11-20(12-10-19)18-39-27-14-13-24(31)16-22(27)17-35-37-28(21-5-4-6-23(15-21)30(32,33)34)36-26-8-3-2-7-25(26)29(37)38/h2-17H,18H2,1H3. The number of aryl methyl sites for hydroxylation is 1. The zero-order valence-electron chi connectivity index (χ0n) is 20.6. The Hall–Kier alpha value is -4.24. The fraction of sp³-hybridized carbons (Fsp3) is 0.100. The number of benzene rings is 4. The molecule has 39 heavy (non-hydrogen) atoms. The van der Waals surface area contributed by atoms with Gasteiger partial charge < -0.3 is 4.74 Å². The van der Waals surface area contributed by atoms with Crippen molar-refractivity contribution in [3.8, 4) is 17.1 Å². The summed E-state index contributed by atoms with van der Waals surface area (Å²) in [5, 5.41) is 4.68. The normalized spacial score (nSPS) is 11.8. The van der Waals surface area contributed by atoms with Gasteiger partial charge in [-0.2, -0.15) is 22.9 Å². The summed E-state index contributed by atoms with van der Waals surface area (Å²) in [6.07, 6.45) is -3.12. The maximum atomic E-state index is 13.5. The van der Waals surface area contributed by atoms with Crippen molar-refractivity contribution in [2.45, 2.75) is 19.7 Å². The van der Waals surface area contributed by atoms with E-state index >= 15 is 0 Å². The van der Waals surface area contributed by atoms with Gasteiger partial charge >= 0.3 is 6.18 Å². The molecule has 0 saturated carbocycles. The lowest BCUT2D eigenvalue weighted by atomic mass is 10.1. The number of ether oxygens (including phenoxy) is 1. The van der Waals surface area contributed by atoms with Gasteiger partial charge in [0.25, 0.3) is 5.56 Å². The SMILES string of the molecule is Cc1ccc(COc2ccc(Br)cc2C=Nn2c(-c3cccc(C(F)(F)F)c3)nc3ccccc3c2=O)cc1. The number of hydrogen-bond acceptors (Lipinski definition) is 4. The van der Waals surface area contributed by atoms with Crippen LogP contribution in [0.2, 0.25) is 0 Å². The van der Waals surface area contributed by atoms with Crippen molar-refractivity contribution in [1.29, 1.82) is 0 Å². The second-order valence-corrected chi connectivity index (χ2v) is 9.76. The fourth-order valence-corrected chi connectivity index (χ4v) is 4.35. The number of halogens is 4. The Morgan fingerprint density at radius 3 is 2.51 bits per heavy atom. The van der Waals surface area contributed by atoms with Gasteiger partial charge in [-0.15, -0.1) is 0 Å². The van der Waals surface area contributed by atoms with Crippen molar-refractivity contribution in [2.75, 3.05) is 0 Å². The predicted molar refractivity (Wildman–Crippen MR) is 149 cm³/mol. The minimum Gasteiger partial charge on any atom is -0.488 e. The third-order valence-electron chi connectivity index (χ3n) is 6.00. The highest BCUT2D eigenvalue weighted by atomic mass is 79.9. The van der Waals surface area contributed by atoms with Crippen molar-refractivity contribution in [3.05, 3.63) is 128 Å². The third-order valence-corrected chi connectivity index (χ3v) is 6.49. The summed E-state index contributed by atoms with van der Waals surface area (Å²) in [4.78, 5) is 18.0. The van der Waals surface area contributed by atoms with E-state index in [0.29, 0.717) is 23.4 Å². The summed E-state index contributed by atoms with van der Waals surface area (Å²) in [7, 11) is 0. The number of rotatable bonds is 6. The summed E-state index contributed by atoms with van der Waals surface area (Å²) in [5.74, 6) is 0.503. The molecule has 196 valence electrons. The number of nitrogens with zero attached hydrogens (tertiary/aromatic N) is 3. The maximum absolute atomic E-state index is 13.5. The molecular formula is C30H21BrF3N3O2. The Balaban J connectivity index is 1.59. The van der Waals surface area contributed by atoms with Crippen LogP contribution in [0.25, 0.3) is 22.3 Å². The molecule has 1 heterocycles. The fourth-order valence-electron chi connectivity index (χ4n) is 3.97. The van der Waals surface area contributed by atoms with Crippen LogP contribution >= 0.6 is 15.9 Å². The molecule has 0 aliphatic carbocycles. The number of alkyl halides is 3. The highest BCUT2D eigenvalue weighted by Crippen LogP contribution is 2.32. The Kier molecular flexibility index (Phi) is 7.34. The second-order valence-electron chi connectivity index (χ2n) is 8.85. The van der Waals surface area contributed by atoms with Gasteiger partial charge in [0, 0.05) is 15.6 Å². The van der Waals surface area contributed by atoms with Gasteiger partial charge in [-0.1, -0.05) is 70.0 Å². The zero-order chi connectivity index (χ0) is 27.6. The van der Waals surface area contributed by atoms with E-state index in [1.54, 1.807) is 36.4 Å². The predicted octanol–water partition coefficient (Wildman–Crippen LogP) is 7.61. The highest BCUT2D eigenvalue weighted by molar-refractivity contribution is 9.10. The van der Waals surface area contributed by atoms with Crippen LogP contribution in [-0.4, -0.2) is 15.9 Å². The molecule has 0 saturated heterocycles. The van der Waals surface area contributed by atoms with Crippen LogP contribution < -0.4 is 10.3 Å². The van der Waals surface area contributed by atoms with Gasteiger partial charge in [0.1, 0.15) is 12.4 Å². The highest BCUT2D eigenvalue weighted by Gasteiger charge is 2.31. The molecule has 5 aromatic rings. The van der Waals surface area contributed by atoms with Crippen molar-refractivity contribution < 1.29 is 17.9 Å². The monoisotopic (exact) mass is 591 g/mol. The summed E-state index contributed by atoms with van der Waals surface area (Å²) < 4.78 is 48.1. The smallest absolute Gasteiger partial charge is 0.416 e. The first-order valence-electron chi connectivity index (χ1n) is 11.9. The molecule has 0 atom stereocenters. The molecular weight excluding hydrogens is 571 g/mol. The average molecular weight is 592 g/mol. The van der Waals surface area contributed by atoms with Crippen LogP contribution in [0.3, 0.4) is 0 Å². The molecule has 0 aliphatic rings. The average Bonchev–Trinajstić information content (AvgIpc) is 2.92. The first kappa shape index (κ1) is 26.4. The van der Waals surface area contributed by atoms with Crippen LogP contribution in [0.5, 0.6) is 5.75 Å². The lowest BCUT2D eigenvalue weighted by Crippen LogP contribution is -2.20. The Labute approximate surface area is 230 Å². The Bertz CT molecular complexity index is 1750. The van der Waals surface area contributed by atoms with Crippen LogP contribution in [0.4, 0.5) is 13.2 Å². The number of fused-ring (bicyclic) bond motifs is 1. The van der Waals surface area contributed by atoms with E-state index in [0.717, 1.165) is 32.4 Å². The topological polar surface area (TPSA) is 56.5 Å². The Morgan fingerprint density at radius 2 is 1.74 bits per heavy atom. The minimum absolute atomic E-state index is 0.0156. The Morgan fingerprint density at radius 1 is 0.974 bits per heavy atom. The van der Waals surface area contributed by atoms with Crippen molar-refractivity contribution >= 4 is 33.0 Å². The quantitative estimate of drug-likeness (QED) is 0.191. The van der Waals surface area contributed by atoms with E-state index in [9.17, 15) is 18.0 Å². The van der Waals surface area contributed by atoms with E-state index in [1.807, 2.05) is 37.3 Å². The lowest BCUT2D eigenvalue weighted by Gasteiger charge is -2.13. The molecule has 0 unspecified atom stereocenters. The van der Waals surface area contributed by atoms with E-state index in [1.165, 1.54) is 18.3 Å². The molecule has 0 bridgehead atoms. The molecule has 0 N–H and O–H groups in total. The van der Waals surface area contributed by atoms with Crippen molar-refractivity contribution in [1.82, 2.24) is 9.66 Å².